The Morgan fingerprint density at radius 1 is 1.16 bits per heavy atom. The van der Waals surface area contributed by atoms with Crippen molar-refractivity contribution in [2.45, 2.75) is 38.5 Å². The SMILES string of the molecule is COc1cc(-c2cn(C)c(=O)c3[nH]ncc23)cc(OC)c1CN1C[C@H]2C1CN2C(C)C. The van der Waals surface area contributed by atoms with E-state index in [9.17, 15) is 4.79 Å². The van der Waals surface area contributed by atoms with E-state index in [0.717, 1.165) is 53.2 Å². The highest BCUT2D eigenvalue weighted by atomic mass is 16.5. The molecule has 2 aliphatic heterocycles. The van der Waals surface area contributed by atoms with Crippen LogP contribution in [0.4, 0.5) is 0 Å². The number of rotatable bonds is 6. The number of hydrogen-bond donors (Lipinski definition) is 1. The van der Waals surface area contributed by atoms with Crippen molar-refractivity contribution in [1.82, 2.24) is 24.6 Å². The summed E-state index contributed by atoms with van der Waals surface area (Å²) in [6, 6.07) is 5.96. The third kappa shape index (κ3) is 3.04. The van der Waals surface area contributed by atoms with Gasteiger partial charge in [-0.3, -0.25) is 19.7 Å². The molecule has 2 fully saturated rings. The molecule has 8 heteroatoms. The van der Waals surface area contributed by atoms with Crippen LogP contribution in [0.3, 0.4) is 0 Å². The Kier molecular flexibility index (Phi) is 4.79. The maximum absolute atomic E-state index is 12.4. The number of H-pyrrole nitrogens is 1. The Labute approximate surface area is 181 Å². The molecule has 31 heavy (non-hydrogen) atoms. The van der Waals surface area contributed by atoms with Gasteiger partial charge >= 0.3 is 0 Å². The number of fused-ring (bicyclic) bond motifs is 2. The molecule has 5 rings (SSSR count). The molecule has 2 atom stereocenters. The molecule has 0 saturated carbocycles. The monoisotopic (exact) mass is 423 g/mol. The number of aromatic amines is 1. The summed E-state index contributed by atoms with van der Waals surface area (Å²) in [6.45, 7) is 7.53. The highest BCUT2D eigenvalue weighted by Gasteiger charge is 2.52. The minimum absolute atomic E-state index is 0.102. The first-order valence-electron chi connectivity index (χ1n) is 10.7. The summed E-state index contributed by atoms with van der Waals surface area (Å²) in [5.41, 5.74) is 3.28. The van der Waals surface area contributed by atoms with Crippen molar-refractivity contribution in [2.75, 3.05) is 27.3 Å². The summed E-state index contributed by atoms with van der Waals surface area (Å²) in [4.78, 5) is 17.5. The number of benzene rings is 1. The number of likely N-dealkylation sites (tertiary alicyclic amines) is 2. The van der Waals surface area contributed by atoms with E-state index in [1.165, 1.54) is 0 Å². The van der Waals surface area contributed by atoms with Crippen LogP contribution in [0.25, 0.3) is 22.0 Å². The number of pyridine rings is 1. The first kappa shape index (κ1) is 20.1. The lowest BCUT2D eigenvalue weighted by molar-refractivity contribution is -0.141. The van der Waals surface area contributed by atoms with E-state index in [2.05, 4.69) is 33.8 Å². The maximum Gasteiger partial charge on any atom is 0.276 e. The van der Waals surface area contributed by atoms with Gasteiger partial charge in [-0.15, -0.1) is 0 Å². The summed E-state index contributed by atoms with van der Waals surface area (Å²) in [5, 5.41) is 7.68. The van der Waals surface area contributed by atoms with Crippen LogP contribution in [0.1, 0.15) is 19.4 Å². The number of aromatic nitrogens is 3. The lowest BCUT2D eigenvalue weighted by atomic mass is 9.83. The Bertz CT molecular complexity index is 1170. The van der Waals surface area contributed by atoms with Gasteiger partial charge in [-0.05, 0) is 31.5 Å². The van der Waals surface area contributed by atoms with Crippen LogP contribution in [0.5, 0.6) is 11.5 Å². The smallest absolute Gasteiger partial charge is 0.276 e. The standard InChI is InChI=1S/C23H29N5O3/c1-13(2)28-12-18-19(28)11-27(18)10-17-20(30-4)6-14(7-21(17)31-5)16-9-26(3)23(29)22-15(16)8-24-25-22/h6-9,13,18-19H,10-12H2,1-5H3,(H,24,25)/t18?,19-/m0/s1. The molecule has 0 aliphatic carbocycles. The average Bonchev–Trinajstić information content (AvgIpc) is 3.23. The minimum atomic E-state index is -0.102. The molecular weight excluding hydrogens is 394 g/mol. The molecule has 1 N–H and O–H groups in total. The molecule has 0 radical (unpaired) electrons. The summed E-state index contributed by atoms with van der Waals surface area (Å²) >= 11 is 0. The fraction of sp³-hybridized carbons (Fsp3) is 0.478. The summed E-state index contributed by atoms with van der Waals surface area (Å²) in [7, 11) is 5.13. The topological polar surface area (TPSA) is 75.6 Å². The highest BCUT2D eigenvalue weighted by Crippen LogP contribution is 2.41. The van der Waals surface area contributed by atoms with Crippen LogP contribution < -0.4 is 15.0 Å². The number of ether oxygens (including phenoxy) is 2. The number of nitrogens with zero attached hydrogens (tertiary/aromatic N) is 4. The molecular formula is C23H29N5O3. The Morgan fingerprint density at radius 2 is 1.87 bits per heavy atom. The Hall–Kier alpha value is -2.84. The van der Waals surface area contributed by atoms with E-state index >= 15 is 0 Å². The molecule has 8 nitrogen and oxygen atoms in total. The number of nitrogens with one attached hydrogen (secondary N) is 1. The molecule has 1 unspecified atom stereocenters. The van der Waals surface area contributed by atoms with Crippen molar-refractivity contribution in [3.63, 3.8) is 0 Å². The predicted octanol–water partition coefficient (Wildman–Crippen LogP) is 2.22. The normalized spacial score (nSPS) is 21.1. The summed E-state index contributed by atoms with van der Waals surface area (Å²) in [5.74, 6) is 1.59. The van der Waals surface area contributed by atoms with E-state index in [1.54, 1.807) is 32.0 Å². The van der Waals surface area contributed by atoms with Crippen LogP contribution in [0, 0.1) is 0 Å². The molecule has 2 saturated heterocycles. The molecule has 4 heterocycles. The molecule has 2 aromatic heterocycles. The fourth-order valence-corrected chi connectivity index (χ4v) is 5.03. The van der Waals surface area contributed by atoms with E-state index in [1.807, 2.05) is 18.3 Å². The summed E-state index contributed by atoms with van der Waals surface area (Å²) < 4.78 is 13.2. The van der Waals surface area contributed by atoms with Gasteiger partial charge in [-0.25, -0.2) is 0 Å². The Balaban J connectivity index is 1.50. The molecule has 0 amide bonds. The zero-order valence-corrected chi connectivity index (χ0v) is 18.7. The van der Waals surface area contributed by atoms with Crippen LogP contribution in [0.15, 0.2) is 29.3 Å². The zero-order valence-electron chi connectivity index (χ0n) is 18.7. The first-order chi connectivity index (χ1) is 14.9. The lowest BCUT2D eigenvalue weighted by Crippen LogP contribution is -2.79. The van der Waals surface area contributed by atoms with Crippen LogP contribution in [-0.4, -0.2) is 70.0 Å². The maximum atomic E-state index is 12.4. The van der Waals surface area contributed by atoms with Gasteiger partial charge < -0.3 is 14.0 Å². The Morgan fingerprint density at radius 3 is 2.45 bits per heavy atom. The van der Waals surface area contributed by atoms with E-state index in [-0.39, 0.29) is 5.56 Å². The molecule has 1 aromatic carbocycles. The zero-order chi connectivity index (χ0) is 21.9. The van der Waals surface area contributed by atoms with Gasteiger partial charge in [0.1, 0.15) is 17.0 Å². The third-order valence-electron chi connectivity index (χ3n) is 6.89. The van der Waals surface area contributed by atoms with Gasteiger partial charge in [0, 0.05) is 62.0 Å². The van der Waals surface area contributed by atoms with Gasteiger partial charge in [0.15, 0.2) is 0 Å². The van der Waals surface area contributed by atoms with Gasteiger partial charge in [0.05, 0.1) is 26.0 Å². The second-order valence-electron chi connectivity index (χ2n) is 8.83. The van der Waals surface area contributed by atoms with Crippen molar-refractivity contribution in [3.8, 4) is 22.6 Å². The lowest BCUT2D eigenvalue weighted by Gasteiger charge is -2.63. The second kappa shape index (κ2) is 7.39. The molecule has 0 spiro atoms. The van der Waals surface area contributed by atoms with Crippen LogP contribution in [0.2, 0.25) is 0 Å². The molecule has 0 bridgehead atoms. The van der Waals surface area contributed by atoms with Gasteiger partial charge in [-0.1, -0.05) is 0 Å². The molecule has 3 aromatic rings. The van der Waals surface area contributed by atoms with Gasteiger partial charge in [0.2, 0.25) is 0 Å². The third-order valence-corrected chi connectivity index (χ3v) is 6.89. The number of methoxy groups -OCH3 is 2. The first-order valence-corrected chi connectivity index (χ1v) is 10.7. The van der Waals surface area contributed by atoms with Gasteiger partial charge in [-0.2, -0.15) is 5.10 Å². The van der Waals surface area contributed by atoms with Crippen LogP contribution >= 0.6 is 0 Å². The molecule has 164 valence electrons. The number of hydrogen-bond acceptors (Lipinski definition) is 6. The molecule has 2 aliphatic rings. The van der Waals surface area contributed by atoms with Crippen molar-refractivity contribution in [2.24, 2.45) is 7.05 Å². The van der Waals surface area contributed by atoms with E-state index in [0.29, 0.717) is 23.6 Å². The minimum Gasteiger partial charge on any atom is -0.496 e. The fourth-order valence-electron chi connectivity index (χ4n) is 5.03. The predicted molar refractivity (Wildman–Crippen MR) is 120 cm³/mol. The van der Waals surface area contributed by atoms with Gasteiger partial charge in [0.25, 0.3) is 5.56 Å². The van der Waals surface area contributed by atoms with E-state index < -0.39 is 0 Å². The number of piperazine rings is 1. The second-order valence-corrected chi connectivity index (χ2v) is 8.83. The number of aryl methyl sites for hydroxylation is 1. The van der Waals surface area contributed by atoms with Crippen LogP contribution in [-0.2, 0) is 13.6 Å². The van der Waals surface area contributed by atoms with E-state index in [4.69, 9.17) is 9.47 Å². The van der Waals surface area contributed by atoms with Crippen molar-refractivity contribution >= 4 is 10.9 Å². The van der Waals surface area contributed by atoms with Crippen molar-refractivity contribution in [3.05, 3.63) is 40.4 Å². The summed E-state index contributed by atoms with van der Waals surface area (Å²) in [6.07, 6.45) is 3.53. The quantitative estimate of drug-likeness (QED) is 0.655. The largest absolute Gasteiger partial charge is 0.496 e. The van der Waals surface area contributed by atoms with Crippen molar-refractivity contribution in [1.29, 1.82) is 0 Å². The van der Waals surface area contributed by atoms with Crippen molar-refractivity contribution < 1.29 is 9.47 Å². The average molecular weight is 424 g/mol. The highest BCUT2D eigenvalue weighted by molar-refractivity contribution is 5.94.